The largest absolute Gasteiger partial charge is 0.321 e. The number of carbonyl (C=O) groups is 1. The number of halogens is 4. The number of amides is 1. The summed E-state index contributed by atoms with van der Waals surface area (Å²) < 4.78 is 25.6. The summed E-state index contributed by atoms with van der Waals surface area (Å²) in [5.41, 5.74) is 0.676. The van der Waals surface area contributed by atoms with Gasteiger partial charge in [0, 0.05) is 20.0 Å². The number of benzene rings is 2. The van der Waals surface area contributed by atoms with E-state index in [9.17, 15) is 13.6 Å². The number of rotatable bonds is 4. The highest BCUT2D eigenvalue weighted by Crippen LogP contribution is 2.32. The van der Waals surface area contributed by atoms with Crippen LogP contribution in [-0.2, 0) is 0 Å². The van der Waals surface area contributed by atoms with E-state index >= 15 is 0 Å². The van der Waals surface area contributed by atoms with E-state index in [0.29, 0.717) is 37.4 Å². The molecule has 0 radical (unpaired) electrons. The molecule has 0 saturated heterocycles. The Bertz CT molecular complexity index is 649. The Kier molecular flexibility index (Phi) is 5.61. The number of carbonyl (C=O) groups excluding carboxylic acids is 1. The molecule has 2 nitrogen and oxygen atoms in total. The Balaban J connectivity index is 2.23. The number of alkyl halides is 2. The highest BCUT2D eigenvalue weighted by molar-refractivity contribution is 9.10. The van der Waals surface area contributed by atoms with Crippen molar-refractivity contribution in [2.24, 2.45) is 0 Å². The number of hydrogen-bond donors (Lipinski definition) is 1. The van der Waals surface area contributed by atoms with Crippen LogP contribution in [0, 0.1) is 0 Å². The summed E-state index contributed by atoms with van der Waals surface area (Å²) in [7, 11) is 0. The zero-order valence-corrected chi connectivity index (χ0v) is 13.6. The second-order valence-electron chi connectivity index (χ2n) is 3.99. The first-order chi connectivity index (χ1) is 9.95. The van der Waals surface area contributed by atoms with Crippen LogP contribution in [0.25, 0.3) is 0 Å². The zero-order chi connectivity index (χ0) is 15.4. The highest BCUT2D eigenvalue weighted by Gasteiger charge is 2.13. The van der Waals surface area contributed by atoms with Gasteiger partial charge in [-0.1, -0.05) is 51.4 Å². The summed E-state index contributed by atoms with van der Waals surface area (Å²) in [6, 6.07) is 11.2. The van der Waals surface area contributed by atoms with Crippen LogP contribution in [0.2, 0.25) is 5.02 Å². The van der Waals surface area contributed by atoms with E-state index in [2.05, 4.69) is 21.2 Å². The zero-order valence-electron chi connectivity index (χ0n) is 10.4. The smallest absolute Gasteiger partial charge is 0.288 e. The molecule has 0 spiro atoms. The molecule has 0 unspecified atom stereocenters. The number of nitrogens with one attached hydrogen (secondary N) is 1. The fourth-order valence-corrected chi connectivity index (χ4v) is 3.10. The van der Waals surface area contributed by atoms with Crippen molar-refractivity contribution in [2.75, 3.05) is 5.32 Å². The summed E-state index contributed by atoms with van der Waals surface area (Å²) in [6.07, 6.45) is 0. The first kappa shape index (κ1) is 16.3. The molecular formula is C14H9BrClF2NOS. The Morgan fingerprint density at radius 1 is 1.24 bits per heavy atom. The molecule has 2 aromatic rings. The standard InChI is InChI=1S/C14H9BrClF2NOS/c15-9-5-8(6-10(16)7-9)13(20)19-11-3-1-2-4-12(11)21-14(17)18/h1-7,14H,(H,19,20). The van der Waals surface area contributed by atoms with Crippen molar-refractivity contribution in [1.29, 1.82) is 0 Å². The van der Waals surface area contributed by atoms with Crippen LogP contribution >= 0.6 is 39.3 Å². The summed E-state index contributed by atoms with van der Waals surface area (Å²) in [5, 5.41) is 3.02. The van der Waals surface area contributed by atoms with Crippen molar-refractivity contribution in [3.8, 4) is 0 Å². The Morgan fingerprint density at radius 2 is 1.95 bits per heavy atom. The van der Waals surface area contributed by atoms with E-state index in [1.807, 2.05) is 0 Å². The molecule has 1 N–H and O–H groups in total. The van der Waals surface area contributed by atoms with Gasteiger partial charge < -0.3 is 5.32 Å². The number of anilines is 1. The molecule has 0 aromatic heterocycles. The molecule has 110 valence electrons. The quantitative estimate of drug-likeness (QED) is 0.679. The second-order valence-corrected chi connectivity index (χ2v) is 6.37. The van der Waals surface area contributed by atoms with Gasteiger partial charge in [-0.25, -0.2) is 0 Å². The molecular weight excluding hydrogens is 384 g/mol. The summed E-state index contributed by atoms with van der Waals surface area (Å²) in [5.74, 6) is -2.97. The maximum Gasteiger partial charge on any atom is 0.288 e. The van der Waals surface area contributed by atoms with Gasteiger partial charge in [0.05, 0.1) is 5.69 Å². The van der Waals surface area contributed by atoms with Gasteiger partial charge in [0.15, 0.2) is 0 Å². The predicted octanol–water partition coefficient (Wildman–Crippen LogP) is 5.67. The van der Waals surface area contributed by atoms with Crippen molar-refractivity contribution in [1.82, 2.24) is 0 Å². The molecule has 0 fully saturated rings. The van der Waals surface area contributed by atoms with Gasteiger partial charge in [-0.3, -0.25) is 4.79 Å². The molecule has 0 saturated carbocycles. The maximum atomic E-state index is 12.5. The Labute approximate surface area is 138 Å². The minimum Gasteiger partial charge on any atom is -0.321 e. The molecule has 21 heavy (non-hydrogen) atoms. The summed E-state index contributed by atoms with van der Waals surface area (Å²) >= 11 is 9.52. The molecule has 7 heteroatoms. The van der Waals surface area contributed by atoms with Gasteiger partial charge >= 0.3 is 0 Å². The van der Waals surface area contributed by atoms with E-state index in [1.165, 1.54) is 12.1 Å². The summed E-state index contributed by atoms with van der Waals surface area (Å²) in [4.78, 5) is 12.5. The third kappa shape index (κ3) is 4.69. The predicted molar refractivity (Wildman–Crippen MR) is 85.4 cm³/mol. The lowest BCUT2D eigenvalue weighted by atomic mass is 10.2. The van der Waals surface area contributed by atoms with Crippen LogP contribution < -0.4 is 5.32 Å². The minimum atomic E-state index is -2.55. The molecule has 0 heterocycles. The van der Waals surface area contributed by atoms with E-state index in [4.69, 9.17) is 11.6 Å². The fraction of sp³-hybridized carbons (Fsp3) is 0.0714. The molecule has 2 rings (SSSR count). The molecule has 0 aliphatic rings. The maximum absolute atomic E-state index is 12.5. The van der Waals surface area contributed by atoms with Gasteiger partial charge in [-0.05, 0) is 30.3 Å². The van der Waals surface area contributed by atoms with Crippen molar-refractivity contribution < 1.29 is 13.6 Å². The van der Waals surface area contributed by atoms with Crippen molar-refractivity contribution >= 4 is 50.9 Å². The van der Waals surface area contributed by atoms with Crippen LogP contribution in [0.4, 0.5) is 14.5 Å². The Morgan fingerprint density at radius 3 is 2.62 bits per heavy atom. The normalized spacial score (nSPS) is 10.7. The van der Waals surface area contributed by atoms with E-state index in [1.54, 1.807) is 30.3 Å². The summed E-state index contributed by atoms with van der Waals surface area (Å²) in [6.45, 7) is 0. The van der Waals surface area contributed by atoms with Crippen molar-refractivity contribution in [3.63, 3.8) is 0 Å². The van der Waals surface area contributed by atoms with Crippen LogP contribution in [0.5, 0.6) is 0 Å². The van der Waals surface area contributed by atoms with Crippen LogP contribution in [-0.4, -0.2) is 11.7 Å². The SMILES string of the molecule is O=C(Nc1ccccc1SC(F)F)c1cc(Cl)cc(Br)c1. The van der Waals surface area contributed by atoms with Crippen molar-refractivity contribution in [2.45, 2.75) is 10.7 Å². The van der Waals surface area contributed by atoms with Crippen LogP contribution in [0.3, 0.4) is 0 Å². The fourth-order valence-electron chi connectivity index (χ4n) is 1.65. The topological polar surface area (TPSA) is 29.1 Å². The minimum absolute atomic E-state index is 0.307. The number of para-hydroxylation sites is 1. The second kappa shape index (κ2) is 7.24. The molecule has 0 atom stereocenters. The van der Waals surface area contributed by atoms with E-state index < -0.39 is 11.7 Å². The van der Waals surface area contributed by atoms with Gasteiger partial charge in [0.25, 0.3) is 11.7 Å². The molecule has 2 aromatic carbocycles. The van der Waals surface area contributed by atoms with Gasteiger partial charge in [0.2, 0.25) is 0 Å². The van der Waals surface area contributed by atoms with Crippen LogP contribution in [0.1, 0.15) is 10.4 Å². The first-order valence-electron chi connectivity index (χ1n) is 5.77. The Hall–Kier alpha value is -1.11. The lowest BCUT2D eigenvalue weighted by Gasteiger charge is -2.10. The van der Waals surface area contributed by atoms with E-state index in [0.717, 1.165) is 0 Å². The van der Waals surface area contributed by atoms with Gasteiger partial charge in [-0.2, -0.15) is 8.78 Å². The van der Waals surface area contributed by atoms with Gasteiger partial charge in [0.1, 0.15) is 0 Å². The van der Waals surface area contributed by atoms with E-state index in [-0.39, 0.29) is 0 Å². The number of thioether (sulfide) groups is 1. The van der Waals surface area contributed by atoms with Gasteiger partial charge in [-0.15, -0.1) is 0 Å². The lowest BCUT2D eigenvalue weighted by Crippen LogP contribution is -2.12. The number of hydrogen-bond acceptors (Lipinski definition) is 2. The third-order valence-electron chi connectivity index (χ3n) is 2.48. The average Bonchev–Trinajstić information content (AvgIpc) is 2.39. The van der Waals surface area contributed by atoms with Crippen molar-refractivity contribution in [3.05, 3.63) is 57.5 Å². The third-order valence-corrected chi connectivity index (χ3v) is 3.94. The van der Waals surface area contributed by atoms with Crippen LogP contribution in [0.15, 0.2) is 51.8 Å². The molecule has 0 aliphatic carbocycles. The molecule has 0 aliphatic heterocycles. The highest BCUT2D eigenvalue weighted by atomic mass is 79.9. The average molecular weight is 393 g/mol. The molecule has 1 amide bonds. The lowest BCUT2D eigenvalue weighted by molar-refractivity contribution is 0.102. The monoisotopic (exact) mass is 391 g/mol. The molecule has 0 bridgehead atoms. The first-order valence-corrected chi connectivity index (χ1v) is 7.82.